The molecule has 0 amide bonds. The highest BCUT2D eigenvalue weighted by atomic mass is 32.2. The van der Waals surface area contributed by atoms with Crippen LogP contribution in [0.15, 0.2) is 12.1 Å². The molecule has 0 saturated heterocycles. The molecule has 1 aromatic carbocycles. The number of nitrogen functional groups attached to an aromatic ring is 1. The fourth-order valence-corrected chi connectivity index (χ4v) is 2.42. The molecule has 21 heavy (non-hydrogen) atoms. The van der Waals surface area contributed by atoms with Crippen molar-refractivity contribution in [1.82, 2.24) is 20.2 Å². The van der Waals surface area contributed by atoms with E-state index in [4.69, 9.17) is 5.73 Å². The molecule has 0 bridgehead atoms. The summed E-state index contributed by atoms with van der Waals surface area (Å²) in [6.07, 6.45) is 1.39. The minimum atomic E-state index is -3.10. The van der Waals surface area contributed by atoms with Crippen molar-refractivity contribution in [2.24, 2.45) is 0 Å². The highest BCUT2D eigenvalue weighted by molar-refractivity contribution is 7.90. The Labute approximate surface area is 119 Å². The predicted octanol–water partition coefficient (Wildman–Crippen LogP) is 0.635. The van der Waals surface area contributed by atoms with E-state index < -0.39 is 21.5 Å². The van der Waals surface area contributed by atoms with Gasteiger partial charge >= 0.3 is 0 Å². The number of benzene rings is 1. The topological polar surface area (TPSA) is 104 Å². The second kappa shape index (κ2) is 5.72. The summed E-state index contributed by atoms with van der Waals surface area (Å²) in [5.74, 6) is -1.69. The fourth-order valence-electron chi connectivity index (χ4n) is 1.76. The Morgan fingerprint density at radius 3 is 2.67 bits per heavy atom. The van der Waals surface area contributed by atoms with E-state index in [-0.39, 0.29) is 35.8 Å². The molecule has 10 heteroatoms. The Bertz CT molecular complexity index is 760. The van der Waals surface area contributed by atoms with Crippen molar-refractivity contribution in [3.63, 3.8) is 0 Å². The number of hydrogen-bond acceptors (Lipinski definition) is 6. The lowest BCUT2D eigenvalue weighted by Crippen LogP contribution is -2.10. The quantitative estimate of drug-likeness (QED) is 0.811. The van der Waals surface area contributed by atoms with Gasteiger partial charge < -0.3 is 5.73 Å². The van der Waals surface area contributed by atoms with Crippen LogP contribution in [0.2, 0.25) is 0 Å². The molecule has 2 aromatic rings. The highest BCUT2D eigenvalue weighted by Crippen LogP contribution is 2.24. The molecule has 7 nitrogen and oxygen atoms in total. The molecule has 0 radical (unpaired) electrons. The normalized spacial score (nSPS) is 11.8. The number of tetrazole rings is 1. The maximum absolute atomic E-state index is 13.8. The van der Waals surface area contributed by atoms with Crippen LogP contribution in [-0.2, 0) is 16.4 Å². The second-order valence-corrected chi connectivity index (χ2v) is 6.82. The SMILES string of the molecule is CS(=O)(=O)CCCn1nnnc1-c1cc(N)c(F)cc1F. The average Bonchev–Trinajstić information content (AvgIpc) is 2.80. The number of nitrogens with zero attached hydrogens (tertiary/aromatic N) is 4. The summed E-state index contributed by atoms with van der Waals surface area (Å²) in [7, 11) is -3.10. The number of anilines is 1. The van der Waals surface area contributed by atoms with Gasteiger partial charge in [-0.05, 0) is 22.9 Å². The molecule has 0 aliphatic carbocycles. The standard InChI is InChI=1S/C11H13F2N5O2S/c1-21(19,20)4-2-3-18-11(15-16-17-18)7-5-10(14)9(13)6-8(7)12/h5-6H,2-4,14H2,1H3. The molecule has 0 spiro atoms. The summed E-state index contributed by atoms with van der Waals surface area (Å²) in [6, 6.07) is 1.75. The first-order valence-corrected chi connectivity index (χ1v) is 8.03. The number of nitrogens with two attached hydrogens (primary N) is 1. The number of sulfone groups is 1. The first-order chi connectivity index (χ1) is 9.78. The summed E-state index contributed by atoms with van der Waals surface area (Å²) in [4.78, 5) is 0. The summed E-state index contributed by atoms with van der Waals surface area (Å²) >= 11 is 0. The van der Waals surface area contributed by atoms with Crippen LogP contribution in [0.25, 0.3) is 11.4 Å². The summed E-state index contributed by atoms with van der Waals surface area (Å²) < 4.78 is 50.3. The Balaban J connectivity index is 2.26. The van der Waals surface area contributed by atoms with Gasteiger partial charge in [-0.15, -0.1) is 5.10 Å². The molecule has 2 rings (SSSR count). The van der Waals surface area contributed by atoms with Crippen molar-refractivity contribution in [2.75, 3.05) is 17.7 Å². The first-order valence-electron chi connectivity index (χ1n) is 5.97. The van der Waals surface area contributed by atoms with E-state index in [1.807, 2.05) is 0 Å². The minimum Gasteiger partial charge on any atom is -0.396 e. The molecule has 0 aliphatic rings. The first kappa shape index (κ1) is 15.3. The van der Waals surface area contributed by atoms with Crippen LogP contribution in [0.5, 0.6) is 0 Å². The molecule has 0 saturated carbocycles. The number of hydrogen-bond donors (Lipinski definition) is 1. The predicted molar refractivity (Wildman–Crippen MR) is 71.9 cm³/mol. The van der Waals surface area contributed by atoms with E-state index >= 15 is 0 Å². The van der Waals surface area contributed by atoms with Crippen molar-refractivity contribution < 1.29 is 17.2 Å². The van der Waals surface area contributed by atoms with Gasteiger partial charge in [-0.1, -0.05) is 0 Å². The average molecular weight is 317 g/mol. The van der Waals surface area contributed by atoms with Gasteiger partial charge in [-0.2, -0.15) is 0 Å². The third kappa shape index (κ3) is 3.72. The molecule has 0 atom stereocenters. The molecular weight excluding hydrogens is 304 g/mol. The lowest BCUT2D eigenvalue weighted by atomic mass is 10.1. The monoisotopic (exact) mass is 317 g/mol. The van der Waals surface area contributed by atoms with E-state index in [9.17, 15) is 17.2 Å². The van der Waals surface area contributed by atoms with Crippen LogP contribution >= 0.6 is 0 Å². The molecule has 2 N–H and O–H groups in total. The second-order valence-electron chi connectivity index (χ2n) is 4.56. The van der Waals surface area contributed by atoms with Crippen LogP contribution < -0.4 is 5.73 Å². The summed E-state index contributed by atoms with van der Waals surface area (Å²) in [5, 5.41) is 10.8. The molecule has 0 unspecified atom stereocenters. The van der Waals surface area contributed by atoms with Gasteiger partial charge in [0.15, 0.2) is 5.82 Å². The van der Waals surface area contributed by atoms with E-state index in [0.29, 0.717) is 6.07 Å². The Kier molecular flexibility index (Phi) is 4.16. The molecule has 1 heterocycles. The van der Waals surface area contributed by atoms with Gasteiger partial charge in [-0.3, -0.25) is 0 Å². The van der Waals surface area contributed by atoms with E-state index in [2.05, 4.69) is 15.5 Å². The van der Waals surface area contributed by atoms with Crippen LogP contribution in [0.4, 0.5) is 14.5 Å². The summed E-state index contributed by atoms with van der Waals surface area (Å²) in [6.45, 7) is 0.187. The smallest absolute Gasteiger partial charge is 0.185 e. The summed E-state index contributed by atoms with van der Waals surface area (Å²) in [5.41, 5.74) is 5.14. The third-order valence-electron chi connectivity index (χ3n) is 2.74. The highest BCUT2D eigenvalue weighted by Gasteiger charge is 2.16. The van der Waals surface area contributed by atoms with E-state index in [0.717, 1.165) is 12.3 Å². The van der Waals surface area contributed by atoms with Crippen LogP contribution in [-0.4, -0.2) is 40.6 Å². The molecule has 114 valence electrons. The molecule has 0 aliphatic heterocycles. The molecular formula is C11H13F2N5O2S. The van der Waals surface area contributed by atoms with Crippen molar-refractivity contribution >= 4 is 15.5 Å². The fraction of sp³-hybridized carbons (Fsp3) is 0.364. The Morgan fingerprint density at radius 1 is 1.29 bits per heavy atom. The number of aryl methyl sites for hydroxylation is 1. The van der Waals surface area contributed by atoms with Gasteiger partial charge in [0, 0.05) is 18.9 Å². The maximum Gasteiger partial charge on any atom is 0.185 e. The zero-order valence-electron chi connectivity index (χ0n) is 11.1. The zero-order valence-corrected chi connectivity index (χ0v) is 11.9. The van der Waals surface area contributed by atoms with Gasteiger partial charge in [0.05, 0.1) is 17.0 Å². The maximum atomic E-state index is 13.8. The minimum absolute atomic E-state index is 0.0413. The van der Waals surface area contributed by atoms with Crippen molar-refractivity contribution in [3.05, 3.63) is 23.8 Å². The number of rotatable bonds is 5. The number of halogens is 2. The van der Waals surface area contributed by atoms with Crippen molar-refractivity contribution in [3.8, 4) is 11.4 Å². The lowest BCUT2D eigenvalue weighted by Gasteiger charge is -2.06. The van der Waals surface area contributed by atoms with E-state index in [1.54, 1.807) is 0 Å². The van der Waals surface area contributed by atoms with Crippen molar-refractivity contribution in [2.45, 2.75) is 13.0 Å². The van der Waals surface area contributed by atoms with Crippen molar-refractivity contribution in [1.29, 1.82) is 0 Å². The van der Waals surface area contributed by atoms with Gasteiger partial charge in [0.25, 0.3) is 0 Å². The van der Waals surface area contributed by atoms with Crippen LogP contribution in [0.3, 0.4) is 0 Å². The zero-order chi connectivity index (χ0) is 15.6. The molecule has 1 aromatic heterocycles. The van der Waals surface area contributed by atoms with Gasteiger partial charge in [0.1, 0.15) is 21.5 Å². The van der Waals surface area contributed by atoms with Gasteiger partial charge in [0.2, 0.25) is 0 Å². The van der Waals surface area contributed by atoms with Crippen LogP contribution in [0, 0.1) is 11.6 Å². The number of aromatic nitrogens is 4. The van der Waals surface area contributed by atoms with Gasteiger partial charge in [-0.25, -0.2) is 21.9 Å². The lowest BCUT2D eigenvalue weighted by molar-refractivity contribution is 0.561. The van der Waals surface area contributed by atoms with Crippen LogP contribution in [0.1, 0.15) is 6.42 Å². The molecule has 0 fully saturated rings. The third-order valence-corrected chi connectivity index (χ3v) is 3.77. The Morgan fingerprint density at radius 2 is 2.00 bits per heavy atom. The Hall–Kier alpha value is -2.10. The van der Waals surface area contributed by atoms with E-state index in [1.165, 1.54) is 4.68 Å². The largest absolute Gasteiger partial charge is 0.396 e.